The molecule has 0 aliphatic rings. The molecule has 7 heteroatoms. The summed E-state index contributed by atoms with van der Waals surface area (Å²) in [7, 11) is -2.15. The van der Waals surface area contributed by atoms with Crippen LogP contribution in [0.4, 0.5) is 5.69 Å². The lowest BCUT2D eigenvalue weighted by molar-refractivity contribution is -0.115. The van der Waals surface area contributed by atoms with Crippen molar-refractivity contribution in [2.45, 2.75) is 18.2 Å². The molecule has 0 aliphatic heterocycles. The molecule has 24 heavy (non-hydrogen) atoms. The average molecular weight is 368 g/mol. The van der Waals surface area contributed by atoms with E-state index in [1.54, 1.807) is 12.1 Å². The summed E-state index contributed by atoms with van der Waals surface area (Å²) < 4.78 is 29.6. The first kappa shape index (κ1) is 18.3. The lowest BCUT2D eigenvalue weighted by Crippen LogP contribution is -2.17. The van der Waals surface area contributed by atoms with Crippen molar-refractivity contribution in [1.82, 2.24) is 0 Å². The number of amides is 1. The first-order valence-electron chi connectivity index (χ1n) is 7.24. The van der Waals surface area contributed by atoms with Gasteiger partial charge in [0.25, 0.3) is 0 Å². The number of rotatable bonds is 6. The summed E-state index contributed by atoms with van der Waals surface area (Å²) in [6.45, 7) is 1.94. The first-order chi connectivity index (χ1) is 11.3. The van der Waals surface area contributed by atoms with Crippen molar-refractivity contribution < 1.29 is 17.9 Å². The van der Waals surface area contributed by atoms with Gasteiger partial charge in [0.1, 0.15) is 5.75 Å². The molecule has 0 spiro atoms. The van der Waals surface area contributed by atoms with Crippen molar-refractivity contribution in [2.24, 2.45) is 0 Å². The van der Waals surface area contributed by atoms with Crippen LogP contribution in [0.3, 0.4) is 0 Å². The summed E-state index contributed by atoms with van der Waals surface area (Å²) in [5, 5.41) is 2.88. The summed E-state index contributed by atoms with van der Waals surface area (Å²) in [6.07, 6.45) is -0.139. The highest BCUT2D eigenvalue weighted by molar-refractivity contribution is 7.91. The summed E-state index contributed by atoms with van der Waals surface area (Å²) in [4.78, 5) is 12.0. The van der Waals surface area contributed by atoms with Crippen LogP contribution in [-0.4, -0.2) is 27.2 Å². The zero-order valence-corrected chi connectivity index (χ0v) is 14.9. The number of anilines is 1. The van der Waals surface area contributed by atoms with Gasteiger partial charge in [-0.25, -0.2) is 8.42 Å². The Labute approximate surface area is 146 Å². The molecule has 1 amide bonds. The monoisotopic (exact) mass is 367 g/mol. The molecule has 0 fully saturated rings. The Balaban J connectivity index is 2.00. The maximum atomic E-state index is 12.3. The van der Waals surface area contributed by atoms with E-state index in [0.29, 0.717) is 11.4 Å². The number of carbonyl (C=O) groups is 1. The van der Waals surface area contributed by atoms with Crippen LogP contribution < -0.4 is 10.1 Å². The van der Waals surface area contributed by atoms with Crippen molar-refractivity contribution in [3.63, 3.8) is 0 Å². The summed E-state index contributed by atoms with van der Waals surface area (Å²) >= 11 is 5.95. The van der Waals surface area contributed by atoms with E-state index in [1.165, 1.54) is 25.3 Å². The van der Waals surface area contributed by atoms with Gasteiger partial charge in [-0.05, 0) is 37.3 Å². The number of methoxy groups -OCH3 is 1. The minimum absolute atomic E-state index is 0.0661. The van der Waals surface area contributed by atoms with Gasteiger partial charge in [-0.2, -0.15) is 0 Å². The zero-order valence-electron chi connectivity index (χ0n) is 13.4. The van der Waals surface area contributed by atoms with Gasteiger partial charge < -0.3 is 10.1 Å². The third-order valence-corrected chi connectivity index (χ3v) is 5.42. The number of sulfone groups is 1. The maximum Gasteiger partial charge on any atom is 0.225 e. The number of benzene rings is 2. The van der Waals surface area contributed by atoms with Crippen LogP contribution in [0.25, 0.3) is 0 Å². The average Bonchev–Trinajstić information content (AvgIpc) is 2.55. The molecule has 0 aromatic heterocycles. The Hall–Kier alpha value is -2.05. The molecule has 0 aliphatic carbocycles. The Morgan fingerprint density at radius 1 is 1.17 bits per heavy atom. The van der Waals surface area contributed by atoms with Gasteiger partial charge in [-0.3, -0.25) is 4.79 Å². The lowest BCUT2D eigenvalue weighted by Gasteiger charge is -2.08. The summed E-state index contributed by atoms with van der Waals surface area (Å²) in [5.74, 6) is -0.261. The molecule has 128 valence electrons. The van der Waals surface area contributed by atoms with Gasteiger partial charge in [-0.1, -0.05) is 29.3 Å². The highest BCUT2D eigenvalue weighted by Gasteiger charge is 2.18. The SMILES string of the molecule is COc1ccc(S(=O)(=O)CCC(=O)Nc2ccc(C)cc2)cc1Cl. The molecule has 1 N–H and O–H groups in total. The molecular formula is C17H18ClNO4S. The van der Waals surface area contributed by atoms with Gasteiger partial charge in [0.05, 0.1) is 22.8 Å². The van der Waals surface area contributed by atoms with E-state index in [9.17, 15) is 13.2 Å². The van der Waals surface area contributed by atoms with Gasteiger partial charge in [0.15, 0.2) is 9.84 Å². The molecule has 2 aromatic rings. The summed E-state index contributed by atoms with van der Waals surface area (Å²) in [6, 6.07) is 11.5. The van der Waals surface area contributed by atoms with Crippen molar-refractivity contribution in [3.8, 4) is 5.75 Å². The topological polar surface area (TPSA) is 72.5 Å². The smallest absolute Gasteiger partial charge is 0.225 e. The highest BCUT2D eigenvalue weighted by Crippen LogP contribution is 2.27. The van der Waals surface area contributed by atoms with Gasteiger partial charge >= 0.3 is 0 Å². The Kier molecular flexibility index (Phi) is 5.85. The van der Waals surface area contributed by atoms with E-state index >= 15 is 0 Å². The normalized spacial score (nSPS) is 11.1. The predicted molar refractivity (Wildman–Crippen MR) is 94.5 cm³/mol. The van der Waals surface area contributed by atoms with Crippen LogP contribution in [0.15, 0.2) is 47.4 Å². The largest absolute Gasteiger partial charge is 0.495 e. The molecule has 2 aromatic carbocycles. The van der Waals surface area contributed by atoms with Crippen LogP contribution in [0.1, 0.15) is 12.0 Å². The molecule has 0 unspecified atom stereocenters. The van der Waals surface area contributed by atoms with Crippen molar-refractivity contribution in [2.75, 3.05) is 18.2 Å². The van der Waals surface area contributed by atoms with Crippen molar-refractivity contribution in [3.05, 3.63) is 53.1 Å². The highest BCUT2D eigenvalue weighted by atomic mass is 35.5. The molecule has 2 rings (SSSR count). The molecule has 0 saturated carbocycles. The quantitative estimate of drug-likeness (QED) is 0.848. The predicted octanol–water partition coefficient (Wildman–Crippen LogP) is 3.46. The Morgan fingerprint density at radius 2 is 1.83 bits per heavy atom. The number of halogens is 1. The molecule has 0 atom stereocenters. The molecule has 0 bridgehead atoms. The summed E-state index contributed by atoms with van der Waals surface area (Å²) in [5.41, 5.74) is 1.71. The Bertz CT molecular complexity index is 832. The molecular weight excluding hydrogens is 350 g/mol. The van der Waals surface area contributed by atoms with Crippen LogP contribution >= 0.6 is 11.6 Å². The van der Waals surface area contributed by atoms with Crippen LogP contribution in [-0.2, 0) is 14.6 Å². The third-order valence-electron chi connectivity index (χ3n) is 3.42. The number of hydrogen-bond acceptors (Lipinski definition) is 4. The number of carbonyl (C=O) groups excluding carboxylic acids is 1. The molecule has 0 saturated heterocycles. The molecule has 5 nitrogen and oxygen atoms in total. The lowest BCUT2D eigenvalue weighted by atomic mass is 10.2. The fourth-order valence-electron chi connectivity index (χ4n) is 2.05. The van der Waals surface area contributed by atoms with E-state index in [4.69, 9.17) is 16.3 Å². The van der Waals surface area contributed by atoms with E-state index < -0.39 is 9.84 Å². The minimum atomic E-state index is -3.60. The van der Waals surface area contributed by atoms with Gasteiger partial charge in [0, 0.05) is 12.1 Å². The fourth-order valence-corrected chi connectivity index (χ4v) is 3.63. The van der Waals surface area contributed by atoms with E-state index in [2.05, 4.69) is 5.32 Å². The van der Waals surface area contributed by atoms with Crippen molar-refractivity contribution >= 4 is 33.0 Å². The second-order valence-corrected chi connectivity index (χ2v) is 7.80. The maximum absolute atomic E-state index is 12.3. The van der Waals surface area contributed by atoms with E-state index in [0.717, 1.165) is 5.56 Å². The Morgan fingerprint density at radius 3 is 2.42 bits per heavy atom. The van der Waals surface area contributed by atoms with Crippen LogP contribution in [0.2, 0.25) is 5.02 Å². The standard InChI is InChI=1S/C17H18ClNO4S/c1-12-3-5-13(6-4-12)19-17(20)9-10-24(21,22)14-7-8-16(23-2)15(18)11-14/h3-8,11H,9-10H2,1-2H3,(H,19,20). The fraction of sp³-hybridized carbons (Fsp3) is 0.235. The van der Waals surface area contributed by atoms with Crippen LogP contribution in [0.5, 0.6) is 5.75 Å². The van der Waals surface area contributed by atoms with E-state index in [-0.39, 0.29) is 28.0 Å². The van der Waals surface area contributed by atoms with E-state index in [1.807, 2.05) is 19.1 Å². The molecule has 0 radical (unpaired) electrons. The van der Waals surface area contributed by atoms with Crippen molar-refractivity contribution in [1.29, 1.82) is 0 Å². The number of hydrogen-bond donors (Lipinski definition) is 1. The number of ether oxygens (including phenoxy) is 1. The third kappa shape index (κ3) is 4.72. The first-order valence-corrected chi connectivity index (χ1v) is 9.27. The number of nitrogens with one attached hydrogen (secondary N) is 1. The molecule has 0 heterocycles. The van der Waals surface area contributed by atoms with Gasteiger partial charge in [0.2, 0.25) is 5.91 Å². The second kappa shape index (κ2) is 7.68. The van der Waals surface area contributed by atoms with Gasteiger partial charge in [-0.15, -0.1) is 0 Å². The zero-order chi connectivity index (χ0) is 17.7. The second-order valence-electron chi connectivity index (χ2n) is 5.28. The minimum Gasteiger partial charge on any atom is -0.495 e. The number of aryl methyl sites for hydroxylation is 1. The van der Waals surface area contributed by atoms with Crippen LogP contribution in [0, 0.1) is 6.92 Å².